The van der Waals surface area contributed by atoms with Crippen molar-refractivity contribution in [3.63, 3.8) is 0 Å². The smallest absolute Gasteiger partial charge is 0.246 e. The number of carbonyl (C=O) groups is 2. The molecular formula is C18H23N3O2. The van der Waals surface area contributed by atoms with Crippen LogP contribution in [-0.4, -0.2) is 48.9 Å². The summed E-state index contributed by atoms with van der Waals surface area (Å²) in [6, 6.07) is 8.02. The van der Waals surface area contributed by atoms with Crippen molar-refractivity contribution in [1.29, 1.82) is 0 Å². The van der Waals surface area contributed by atoms with E-state index >= 15 is 0 Å². The number of hydrogen-bond acceptors (Lipinski definition) is 3. The van der Waals surface area contributed by atoms with E-state index in [1.54, 1.807) is 6.08 Å². The van der Waals surface area contributed by atoms with Gasteiger partial charge in [0.25, 0.3) is 0 Å². The molecule has 2 fully saturated rings. The van der Waals surface area contributed by atoms with E-state index in [1.165, 1.54) is 0 Å². The molecule has 2 heterocycles. The first kappa shape index (κ1) is 15.7. The Kier molecular flexibility index (Phi) is 4.76. The van der Waals surface area contributed by atoms with E-state index in [0.29, 0.717) is 6.42 Å². The number of piperazine rings is 1. The largest absolute Gasteiger partial charge is 0.334 e. The monoisotopic (exact) mass is 313 g/mol. The molecule has 0 radical (unpaired) electrons. The highest BCUT2D eigenvalue weighted by Gasteiger charge is 2.22. The van der Waals surface area contributed by atoms with Gasteiger partial charge < -0.3 is 15.1 Å². The van der Waals surface area contributed by atoms with Gasteiger partial charge in [-0.25, -0.2) is 0 Å². The first-order chi connectivity index (χ1) is 11.1. The second-order valence-electron chi connectivity index (χ2n) is 6.16. The van der Waals surface area contributed by atoms with Crippen LogP contribution in [0.1, 0.15) is 25.3 Å². The number of nitrogens with zero attached hydrogens (tertiary/aromatic N) is 2. The highest BCUT2D eigenvalue weighted by Crippen LogP contribution is 2.22. The third-order valence-corrected chi connectivity index (χ3v) is 4.48. The maximum absolute atomic E-state index is 12.3. The molecule has 1 atom stereocenters. The lowest BCUT2D eigenvalue weighted by atomic mass is 10.1. The molecule has 1 unspecified atom stereocenters. The van der Waals surface area contributed by atoms with Crippen LogP contribution in [0.4, 0.5) is 5.69 Å². The average Bonchev–Trinajstić information content (AvgIpc) is 2.99. The predicted molar refractivity (Wildman–Crippen MR) is 91.1 cm³/mol. The Morgan fingerprint density at radius 3 is 2.70 bits per heavy atom. The molecule has 2 amide bonds. The van der Waals surface area contributed by atoms with Crippen molar-refractivity contribution in [2.24, 2.45) is 0 Å². The van der Waals surface area contributed by atoms with E-state index in [-0.39, 0.29) is 17.9 Å². The van der Waals surface area contributed by atoms with Gasteiger partial charge in [-0.2, -0.15) is 0 Å². The van der Waals surface area contributed by atoms with Gasteiger partial charge in [-0.15, -0.1) is 0 Å². The first-order valence-corrected chi connectivity index (χ1v) is 8.25. The van der Waals surface area contributed by atoms with Crippen LogP contribution in [0.25, 0.3) is 6.08 Å². The Bertz CT molecular complexity index is 609. The zero-order chi connectivity index (χ0) is 16.2. The van der Waals surface area contributed by atoms with Crippen molar-refractivity contribution in [3.05, 3.63) is 35.9 Å². The molecule has 122 valence electrons. The van der Waals surface area contributed by atoms with Crippen LogP contribution in [-0.2, 0) is 9.59 Å². The van der Waals surface area contributed by atoms with Crippen molar-refractivity contribution in [1.82, 2.24) is 10.2 Å². The van der Waals surface area contributed by atoms with Crippen LogP contribution in [0.15, 0.2) is 30.3 Å². The van der Waals surface area contributed by atoms with E-state index in [0.717, 1.165) is 43.9 Å². The van der Waals surface area contributed by atoms with Gasteiger partial charge in [0.05, 0.1) is 0 Å². The number of benzene rings is 1. The standard InChI is InChI=1S/C18H23N3O2/c1-14-13-19-10-12-20(14)18(23)9-6-15-4-7-16(8-5-15)21-11-2-3-17(21)22/h4-9,14,19H,2-3,10-13H2,1H3. The number of rotatable bonds is 3. The average molecular weight is 313 g/mol. The molecule has 0 spiro atoms. The number of amides is 2. The lowest BCUT2D eigenvalue weighted by Gasteiger charge is -2.33. The Hall–Kier alpha value is -2.14. The Morgan fingerprint density at radius 1 is 1.26 bits per heavy atom. The van der Waals surface area contributed by atoms with Gasteiger partial charge in [0.15, 0.2) is 0 Å². The summed E-state index contributed by atoms with van der Waals surface area (Å²) >= 11 is 0. The van der Waals surface area contributed by atoms with Crippen molar-refractivity contribution in [2.75, 3.05) is 31.1 Å². The van der Waals surface area contributed by atoms with Gasteiger partial charge in [0, 0.05) is 50.4 Å². The van der Waals surface area contributed by atoms with Crippen LogP contribution in [0.5, 0.6) is 0 Å². The quantitative estimate of drug-likeness (QED) is 0.863. The fourth-order valence-electron chi connectivity index (χ4n) is 3.12. The highest BCUT2D eigenvalue weighted by atomic mass is 16.2. The molecule has 1 N–H and O–H groups in total. The summed E-state index contributed by atoms with van der Waals surface area (Å²) in [5, 5.41) is 3.28. The molecular weight excluding hydrogens is 290 g/mol. The molecule has 2 saturated heterocycles. The Morgan fingerprint density at radius 2 is 2.04 bits per heavy atom. The topological polar surface area (TPSA) is 52.7 Å². The van der Waals surface area contributed by atoms with E-state index in [4.69, 9.17) is 0 Å². The molecule has 2 aliphatic rings. The third kappa shape index (κ3) is 3.62. The zero-order valence-corrected chi connectivity index (χ0v) is 13.5. The first-order valence-electron chi connectivity index (χ1n) is 8.25. The molecule has 2 aliphatic heterocycles. The second-order valence-corrected chi connectivity index (χ2v) is 6.16. The predicted octanol–water partition coefficient (Wildman–Crippen LogP) is 1.65. The molecule has 5 heteroatoms. The maximum Gasteiger partial charge on any atom is 0.246 e. The number of hydrogen-bond donors (Lipinski definition) is 1. The summed E-state index contributed by atoms with van der Waals surface area (Å²) in [6.07, 6.45) is 5.04. The summed E-state index contributed by atoms with van der Waals surface area (Å²) in [6.45, 7) is 5.30. The zero-order valence-electron chi connectivity index (χ0n) is 13.5. The van der Waals surface area contributed by atoms with Crippen LogP contribution in [0.2, 0.25) is 0 Å². The molecule has 3 rings (SSSR count). The van der Waals surface area contributed by atoms with Gasteiger partial charge in [-0.05, 0) is 37.1 Å². The fraction of sp³-hybridized carbons (Fsp3) is 0.444. The molecule has 0 saturated carbocycles. The molecule has 1 aromatic rings. The third-order valence-electron chi connectivity index (χ3n) is 4.48. The van der Waals surface area contributed by atoms with Crippen molar-refractivity contribution in [2.45, 2.75) is 25.8 Å². The van der Waals surface area contributed by atoms with E-state index in [2.05, 4.69) is 12.2 Å². The molecule has 0 aliphatic carbocycles. The van der Waals surface area contributed by atoms with Crippen molar-refractivity contribution in [3.8, 4) is 0 Å². The maximum atomic E-state index is 12.3. The Labute approximate surface area is 137 Å². The summed E-state index contributed by atoms with van der Waals surface area (Å²) in [5.74, 6) is 0.244. The minimum absolute atomic E-state index is 0.0535. The van der Waals surface area contributed by atoms with Crippen LogP contribution < -0.4 is 10.2 Å². The highest BCUT2D eigenvalue weighted by molar-refractivity contribution is 5.95. The van der Waals surface area contributed by atoms with Gasteiger partial charge in [-0.1, -0.05) is 12.1 Å². The fourth-order valence-corrected chi connectivity index (χ4v) is 3.12. The minimum Gasteiger partial charge on any atom is -0.334 e. The number of anilines is 1. The Balaban J connectivity index is 1.63. The van der Waals surface area contributed by atoms with Crippen LogP contribution >= 0.6 is 0 Å². The van der Waals surface area contributed by atoms with Gasteiger partial charge >= 0.3 is 0 Å². The van der Waals surface area contributed by atoms with Crippen LogP contribution in [0.3, 0.4) is 0 Å². The molecule has 0 aromatic heterocycles. The van der Waals surface area contributed by atoms with Crippen LogP contribution in [0, 0.1) is 0 Å². The van der Waals surface area contributed by atoms with E-state index in [1.807, 2.05) is 40.1 Å². The summed E-state index contributed by atoms with van der Waals surface area (Å²) in [7, 11) is 0. The van der Waals surface area contributed by atoms with Crippen molar-refractivity contribution >= 4 is 23.6 Å². The van der Waals surface area contributed by atoms with Gasteiger partial charge in [0.1, 0.15) is 0 Å². The SMILES string of the molecule is CC1CNCCN1C(=O)C=Cc1ccc(N2CCCC2=O)cc1. The normalized spacial score (nSPS) is 22.1. The number of carbonyl (C=O) groups excluding carboxylic acids is 2. The lowest BCUT2D eigenvalue weighted by Crippen LogP contribution is -2.51. The summed E-state index contributed by atoms with van der Waals surface area (Å²) in [5.41, 5.74) is 1.91. The molecule has 1 aromatic carbocycles. The van der Waals surface area contributed by atoms with E-state index < -0.39 is 0 Å². The summed E-state index contributed by atoms with van der Waals surface area (Å²) in [4.78, 5) is 27.7. The van der Waals surface area contributed by atoms with Crippen molar-refractivity contribution < 1.29 is 9.59 Å². The molecule has 5 nitrogen and oxygen atoms in total. The minimum atomic E-state index is 0.0535. The summed E-state index contributed by atoms with van der Waals surface area (Å²) < 4.78 is 0. The molecule has 23 heavy (non-hydrogen) atoms. The number of nitrogens with one attached hydrogen (secondary N) is 1. The molecule has 0 bridgehead atoms. The second kappa shape index (κ2) is 6.96. The van der Waals surface area contributed by atoms with Gasteiger partial charge in [0.2, 0.25) is 11.8 Å². The lowest BCUT2D eigenvalue weighted by molar-refractivity contribution is -0.128. The van der Waals surface area contributed by atoms with E-state index in [9.17, 15) is 9.59 Å². The van der Waals surface area contributed by atoms with Gasteiger partial charge in [-0.3, -0.25) is 9.59 Å².